The molecule has 1 aliphatic carbocycles. The van der Waals surface area contributed by atoms with Crippen LogP contribution in [0.5, 0.6) is 0 Å². The van der Waals surface area contributed by atoms with Crippen molar-refractivity contribution in [1.82, 2.24) is 19.9 Å². The zero-order valence-corrected chi connectivity index (χ0v) is 16.4. The van der Waals surface area contributed by atoms with Gasteiger partial charge in [-0.1, -0.05) is 0 Å². The number of hydrogen-bond acceptors (Lipinski definition) is 6. The Kier molecular flexibility index (Phi) is 3.77. The van der Waals surface area contributed by atoms with Gasteiger partial charge in [-0.25, -0.2) is 9.97 Å². The van der Waals surface area contributed by atoms with E-state index in [-0.39, 0.29) is 0 Å². The number of aromatic nitrogens is 4. The first-order valence-electron chi connectivity index (χ1n) is 9.66. The zero-order valence-electron chi connectivity index (χ0n) is 15.5. The van der Waals surface area contributed by atoms with Gasteiger partial charge in [-0.05, 0) is 55.3 Å². The molecule has 4 heterocycles. The molecule has 5 aromatic rings. The van der Waals surface area contributed by atoms with Crippen molar-refractivity contribution >= 4 is 43.8 Å². The Hall–Kier alpha value is -3.38. The van der Waals surface area contributed by atoms with E-state index in [9.17, 15) is 0 Å². The van der Waals surface area contributed by atoms with Crippen molar-refractivity contribution in [1.29, 1.82) is 0 Å². The summed E-state index contributed by atoms with van der Waals surface area (Å²) >= 11 is 1.81. The largest absolute Gasteiger partial charge is 0.340 e. The minimum atomic E-state index is 0.680. The highest BCUT2D eigenvalue weighted by Crippen LogP contribution is 2.43. The highest BCUT2D eigenvalue weighted by Gasteiger charge is 2.27. The van der Waals surface area contributed by atoms with Gasteiger partial charge in [-0.15, -0.1) is 11.3 Å². The van der Waals surface area contributed by atoms with E-state index in [2.05, 4.69) is 39.6 Å². The molecule has 0 atom stereocenters. The molecule has 4 aromatic heterocycles. The van der Waals surface area contributed by atoms with Crippen LogP contribution < -0.4 is 5.32 Å². The molecule has 0 amide bonds. The summed E-state index contributed by atoms with van der Waals surface area (Å²) in [5, 5.41) is 6.89. The van der Waals surface area contributed by atoms with Gasteiger partial charge in [0.2, 0.25) is 0 Å². The first-order chi connectivity index (χ1) is 14.3. The highest BCUT2D eigenvalue weighted by atomic mass is 32.1. The van der Waals surface area contributed by atoms with Crippen molar-refractivity contribution in [3.05, 3.63) is 72.3 Å². The molecular formula is C23H17N5S. The van der Waals surface area contributed by atoms with Crippen LogP contribution >= 0.6 is 11.3 Å². The fraction of sp³-hybridized carbons (Fsp3) is 0.130. The number of thiazole rings is 1. The number of pyridine rings is 3. The van der Waals surface area contributed by atoms with Crippen molar-refractivity contribution in [3.8, 4) is 11.3 Å². The van der Waals surface area contributed by atoms with Gasteiger partial charge in [-0.2, -0.15) is 0 Å². The van der Waals surface area contributed by atoms with Crippen LogP contribution in [-0.2, 0) is 0 Å². The summed E-state index contributed by atoms with van der Waals surface area (Å²) in [6.45, 7) is 0. The molecule has 1 saturated carbocycles. The van der Waals surface area contributed by atoms with Gasteiger partial charge in [0.05, 0.1) is 20.9 Å². The molecule has 140 valence electrons. The fourth-order valence-corrected chi connectivity index (χ4v) is 4.70. The zero-order chi connectivity index (χ0) is 19.2. The molecule has 5 nitrogen and oxygen atoms in total. The molecule has 29 heavy (non-hydrogen) atoms. The number of hydrogen-bond donors (Lipinski definition) is 1. The smallest absolute Gasteiger partial charge is 0.139 e. The lowest BCUT2D eigenvalue weighted by Crippen LogP contribution is -1.97. The SMILES string of the molecule is c1cc(-c2cc3cnccc3c(Nc3ccc4nc(C5CC5)sc4c3)n2)ccn1. The lowest BCUT2D eigenvalue weighted by molar-refractivity contribution is 1.10. The molecule has 1 aromatic carbocycles. The monoisotopic (exact) mass is 395 g/mol. The maximum atomic E-state index is 4.91. The Morgan fingerprint density at radius 1 is 0.897 bits per heavy atom. The van der Waals surface area contributed by atoms with Gasteiger partial charge >= 0.3 is 0 Å². The Bertz CT molecular complexity index is 1340. The molecule has 0 aliphatic heterocycles. The predicted octanol–water partition coefficient (Wildman–Crippen LogP) is 5.92. The summed E-state index contributed by atoms with van der Waals surface area (Å²) in [7, 11) is 0. The summed E-state index contributed by atoms with van der Waals surface area (Å²) in [6.07, 6.45) is 9.80. The van der Waals surface area contributed by atoms with Gasteiger partial charge in [-0.3, -0.25) is 9.97 Å². The fourth-order valence-electron chi connectivity index (χ4n) is 3.53. The summed E-state index contributed by atoms with van der Waals surface area (Å²) < 4.78 is 1.22. The van der Waals surface area contributed by atoms with Crippen LogP contribution in [0.1, 0.15) is 23.8 Å². The number of nitrogens with zero attached hydrogens (tertiary/aromatic N) is 4. The van der Waals surface area contributed by atoms with Crippen LogP contribution in [0.2, 0.25) is 0 Å². The summed E-state index contributed by atoms with van der Waals surface area (Å²) in [5.74, 6) is 1.50. The van der Waals surface area contributed by atoms with Crippen molar-refractivity contribution in [2.24, 2.45) is 0 Å². The van der Waals surface area contributed by atoms with E-state index in [1.165, 1.54) is 22.5 Å². The van der Waals surface area contributed by atoms with E-state index in [4.69, 9.17) is 9.97 Å². The van der Waals surface area contributed by atoms with Crippen LogP contribution in [0.3, 0.4) is 0 Å². The van der Waals surface area contributed by atoms with E-state index in [1.54, 1.807) is 18.6 Å². The topological polar surface area (TPSA) is 63.6 Å². The van der Waals surface area contributed by atoms with Gasteiger partial charge in [0.1, 0.15) is 5.82 Å². The summed E-state index contributed by atoms with van der Waals surface area (Å²) in [6, 6.07) is 14.3. The van der Waals surface area contributed by atoms with Gasteiger partial charge in [0.15, 0.2) is 0 Å². The molecule has 0 bridgehead atoms. The van der Waals surface area contributed by atoms with Crippen molar-refractivity contribution in [3.63, 3.8) is 0 Å². The number of benzene rings is 1. The highest BCUT2D eigenvalue weighted by molar-refractivity contribution is 7.18. The Morgan fingerprint density at radius 2 is 1.76 bits per heavy atom. The summed E-state index contributed by atoms with van der Waals surface area (Å²) in [5.41, 5.74) is 4.02. The second-order valence-electron chi connectivity index (χ2n) is 7.32. The maximum absolute atomic E-state index is 4.91. The summed E-state index contributed by atoms with van der Waals surface area (Å²) in [4.78, 5) is 18.1. The minimum absolute atomic E-state index is 0.680. The Balaban J connectivity index is 1.44. The third kappa shape index (κ3) is 3.11. The second kappa shape index (κ2) is 6.60. The lowest BCUT2D eigenvalue weighted by Gasteiger charge is -2.11. The molecule has 0 unspecified atom stereocenters. The molecule has 1 aliphatic rings. The van der Waals surface area contributed by atoms with Crippen LogP contribution in [0.25, 0.3) is 32.2 Å². The third-order valence-electron chi connectivity index (χ3n) is 5.20. The third-order valence-corrected chi connectivity index (χ3v) is 6.38. The number of anilines is 2. The van der Waals surface area contributed by atoms with Gasteiger partial charge < -0.3 is 5.32 Å². The van der Waals surface area contributed by atoms with Gasteiger partial charge in [0, 0.05) is 52.7 Å². The first-order valence-corrected chi connectivity index (χ1v) is 10.5. The van der Waals surface area contributed by atoms with E-state index in [0.29, 0.717) is 5.92 Å². The van der Waals surface area contributed by atoms with Crippen LogP contribution in [0.4, 0.5) is 11.5 Å². The maximum Gasteiger partial charge on any atom is 0.139 e. The van der Waals surface area contributed by atoms with Crippen molar-refractivity contribution < 1.29 is 0 Å². The molecule has 6 rings (SSSR count). The standard InChI is InChI=1S/C23H17N5S/c1-2-15(1)23-28-19-4-3-17(12-21(19)29-23)26-22-18-7-10-25-13-16(18)11-20(27-22)14-5-8-24-9-6-14/h3-13,15H,1-2H2,(H,26,27). The predicted molar refractivity (Wildman–Crippen MR) is 118 cm³/mol. The van der Waals surface area contributed by atoms with E-state index >= 15 is 0 Å². The molecule has 1 N–H and O–H groups in total. The van der Waals surface area contributed by atoms with Gasteiger partial charge in [0.25, 0.3) is 0 Å². The van der Waals surface area contributed by atoms with E-state index < -0.39 is 0 Å². The number of fused-ring (bicyclic) bond motifs is 2. The van der Waals surface area contributed by atoms with Crippen molar-refractivity contribution in [2.45, 2.75) is 18.8 Å². The normalized spacial score (nSPS) is 13.8. The van der Waals surface area contributed by atoms with Crippen molar-refractivity contribution in [2.75, 3.05) is 5.32 Å². The Labute approximate surface area is 171 Å². The molecule has 0 radical (unpaired) electrons. The molecular weight excluding hydrogens is 378 g/mol. The second-order valence-corrected chi connectivity index (χ2v) is 8.38. The molecule has 0 saturated heterocycles. The van der Waals surface area contributed by atoms with Crippen LogP contribution in [0.15, 0.2) is 67.3 Å². The average molecular weight is 395 g/mol. The quantitative estimate of drug-likeness (QED) is 0.409. The lowest BCUT2D eigenvalue weighted by atomic mass is 10.1. The molecule has 6 heteroatoms. The average Bonchev–Trinajstić information content (AvgIpc) is 3.53. The number of nitrogens with one attached hydrogen (secondary N) is 1. The number of rotatable bonds is 4. The first kappa shape index (κ1) is 16.6. The minimum Gasteiger partial charge on any atom is -0.340 e. The van der Waals surface area contributed by atoms with E-state index in [0.717, 1.165) is 39.1 Å². The molecule has 1 fully saturated rings. The van der Waals surface area contributed by atoms with Crippen LogP contribution in [-0.4, -0.2) is 19.9 Å². The Morgan fingerprint density at radius 3 is 2.62 bits per heavy atom. The molecule has 0 spiro atoms. The van der Waals surface area contributed by atoms with Crippen LogP contribution in [0, 0.1) is 0 Å². The van der Waals surface area contributed by atoms with E-state index in [1.807, 2.05) is 35.7 Å².